The molecule has 1 aliphatic heterocycles. The van der Waals surface area contributed by atoms with Gasteiger partial charge in [-0.3, -0.25) is 9.59 Å². The Morgan fingerprint density at radius 1 is 1.12 bits per heavy atom. The summed E-state index contributed by atoms with van der Waals surface area (Å²) in [6, 6.07) is 7.84. The summed E-state index contributed by atoms with van der Waals surface area (Å²) in [6.07, 6.45) is 6.00. The third-order valence-corrected chi connectivity index (χ3v) is 6.71. The first kappa shape index (κ1) is 17.4. The Bertz CT molecular complexity index is 688. The highest BCUT2D eigenvalue weighted by Crippen LogP contribution is 2.47. The van der Waals surface area contributed by atoms with Crippen LogP contribution >= 0.6 is 0 Å². The third kappa shape index (κ3) is 2.87. The van der Waals surface area contributed by atoms with Gasteiger partial charge in [-0.15, -0.1) is 0 Å². The fraction of sp³-hybridized carbons (Fsp3) is 0.619. The minimum Gasteiger partial charge on any atom is -0.497 e. The van der Waals surface area contributed by atoms with Gasteiger partial charge in [0, 0.05) is 13.1 Å². The second kappa shape index (κ2) is 6.60. The van der Waals surface area contributed by atoms with Crippen molar-refractivity contribution >= 4 is 11.9 Å². The van der Waals surface area contributed by atoms with E-state index in [9.17, 15) is 14.7 Å². The van der Waals surface area contributed by atoms with Gasteiger partial charge in [0.05, 0.1) is 18.4 Å². The van der Waals surface area contributed by atoms with Crippen LogP contribution < -0.4 is 4.74 Å². The zero-order chi connectivity index (χ0) is 18.3. The Labute approximate surface area is 154 Å². The van der Waals surface area contributed by atoms with E-state index >= 15 is 0 Å². The Hall–Kier alpha value is -2.04. The van der Waals surface area contributed by atoms with Crippen LogP contribution in [0.25, 0.3) is 0 Å². The van der Waals surface area contributed by atoms with Gasteiger partial charge in [-0.1, -0.05) is 25.0 Å². The molecule has 140 valence electrons. The first-order valence-electron chi connectivity index (χ1n) is 9.72. The molecule has 2 atom stereocenters. The van der Waals surface area contributed by atoms with Crippen LogP contribution in [0.1, 0.15) is 44.1 Å². The van der Waals surface area contributed by atoms with Gasteiger partial charge in [-0.25, -0.2) is 0 Å². The second-order valence-electron chi connectivity index (χ2n) is 8.17. The van der Waals surface area contributed by atoms with E-state index in [1.165, 1.54) is 0 Å². The van der Waals surface area contributed by atoms with E-state index in [0.29, 0.717) is 19.0 Å². The molecule has 0 aromatic heterocycles. The fourth-order valence-electron chi connectivity index (χ4n) is 5.08. The Morgan fingerprint density at radius 2 is 1.77 bits per heavy atom. The summed E-state index contributed by atoms with van der Waals surface area (Å²) in [5.74, 6) is 0.396. The zero-order valence-corrected chi connectivity index (χ0v) is 15.3. The molecule has 0 unspecified atom stereocenters. The van der Waals surface area contributed by atoms with Crippen LogP contribution in [0.3, 0.4) is 0 Å². The molecule has 1 N–H and O–H groups in total. The number of hydrogen-bond acceptors (Lipinski definition) is 3. The van der Waals surface area contributed by atoms with Crippen LogP contribution in [0.15, 0.2) is 24.3 Å². The van der Waals surface area contributed by atoms with Crippen LogP contribution in [0.2, 0.25) is 0 Å². The number of carboxylic acid groups (broad SMARTS) is 1. The molecule has 1 heterocycles. The molecule has 4 rings (SSSR count). The normalized spacial score (nSPS) is 27.5. The standard InChI is InChI=1S/C21H27NO4/c1-26-16-8-6-15(7-9-16)21(10-2-3-11-21)20(25)22-12-17(14-4-5-14)18(13-22)19(23)24/h6-9,14,17-18H,2-5,10-13H2,1H3,(H,23,24)/t17-,18+/m1/s1. The van der Waals surface area contributed by atoms with Crippen molar-refractivity contribution in [1.82, 2.24) is 4.90 Å². The van der Waals surface area contributed by atoms with E-state index in [-0.39, 0.29) is 11.8 Å². The van der Waals surface area contributed by atoms with Crippen molar-refractivity contribution in [2.75, 3.05) is 20.2 Å². The fourth-order valence-corrected chi connectivity index (χ4v) is 5.08. The van der Waals surface area contributed by atoms with Crippen LogP contribution in [-0.2, 0) is 15.0 Å². The van der Waals surface area contributed by atoms with Crippen LogP contribution in [0, 0.1) is 17.8 Å². The molecule has 3 aliphatic rings. The van der Waals surface area contributed by atoms with Gasteiger partial charge in [0.15, 0.2) is 0 Å². The van der Waals surface area contributed by atoms with E-state index in [1.807, 2.05) is 29.2 Å². The number of carbonyl (C=O) groups excluding carboxylic acids is 1. The SMILES string of the molecule is COc1ccc(C2(C(=O)N3C[C@H](C(=O)O)[C@@H](C4CC4)C3)CCCC2)cc1. The Kier molecular flexibility index (Phi) is 4.41. The van der Waals surface area contributed by atoms with Gasteiger partial charge < -0.3 is 14.7 Å². The first-order chi connectivity index (χ1) is 12.5. The molecule has 1 amide bonds. The number of hydrogen-bond donors (Lipinski definition) is 1. The van der Waals surface area contributed by atoms with Gasteiger partial charge in [0.2, 0.25) is 5.91 Å². The Morgan fingerprint density at radius 3 is 2.31 bits per heavy atom. The van der Waals surface area contributed by atoms with Crippen molar-refractivity contribution in [3.05, 3.63) is 29.8 Å². The van der Waals surface area contributed by atoms with E-state index in [0.717, 1.165) is 49.8 Å². The molecule has 1 aromatic carbocycles. The molecule has 0 bridgehead atoms. The summed E-state index contributed by atoms with van der Waals surface area (Å²) in [7, 11) is 1.64. The maximum absolute atomic E-state index is 13.6. The number of nitrogens with zero attached hydrogens (tertiary/aromatic N) is 1. The highest BCUT2D eigenvalue weighted by atomic mass is 16.5. The summed E-state index contributed by atoms with van der Waals surface area (Å²) in [4.78, 5) is 27.1. The van der Waals surface area contributed by atoms with Crippen LogP contribution in [-0.4, -0.2) is 42.1 Å². The number of methoxy groups -OCH3 is 1. The van der Waals surface area contributed by atoms with Crippen molar-refractivity contribution in [1.29, 1.82) is 0 Å². The van der Waals surface area contributed by atoms with Gasteiger partial charge in [-0.2, -0.15) is 0 Å². The van der Waals surface area contributed by atoms with Gasteiger partial charge >= 0.3 is 5.97 Å². The average molecular weight is 357 g/mol. The lowest BCUT2D eigenvalue weighted by molar-refractivity contribution is -0.143. The Balaban J connectivity index is 1.60. The van der Waals surface area contributed by atoms with Gasteiger partial charge in [-0.05, 0) is 55.2 Å². The number of rotatable bonds is 5. The van der Waals surface area contributed by atoms with Crippen molar-refractivity contribution < 1.29 is 19.4 Å². The number of ether oxygens (including phenoxy) is 1. The number of amides is 1. The summed E-state index contributed by atoms with van der Waals surface area (Å²) < 4.78 is 5.25. The topological polar surface area (TPSA) is 66.8 Å². The molecule has 0 radical (unpaired) electrons. The largest absolute Gasteiger partial charge is 0.497 e. The van der Waals surface area contributed by atoms with Crippen LogP contribution in [0.5, 0.6) is 5.75 Å². The number of carboxylic acids is 1. The van der Waals surface area contributed by atoms with Crippen LogP contribution in [0.4, 0.5) is 0 Å². The van der Waals surface area contributed by atoms with Gasteiger partial charge in [0.25, 0.3) is 0 Å². The smallest absolute Gasteiger partial charge is 0.308 e. The highest BCUT2D eigenvalue weighted by Gasteiger charge is 2.51. The molecule has 5 nitrogen and oxygen atoms in total. The lowest BCUT2D eigenvalue weighted by Crippen LogP contribution is -2.45. The number of benzene rings is 1. The van der Waals surface area contributed by atoms with Gasteiger partial charge in [0.1, 0.15) is 5.75 Å². The molecule has 1 aromatic rings. The van der Waals surface area contributed by atoms with E-state index < -0.39 is 17.3 Å². The number of carbonyl (C=O) groups is 2. The molecular weight excluding hydrogens is 330 g/mol. The predicted octanol–water partition coefficient (Wildman–Crippen LogP) is 3.08. The third-order valence-electron chi connectivity index (χ3n) is 6.71. The lowest BCUT2D eigenvalue weighted by Gasteiger charge is -2.33. The zero-order valence-electron chi connectivity index (χ0n) is 15.3. The average Bonchev–Trinajstić information content (AvgIpc) is 3.21. The summed E-state index contributed by atoms with van der Waals surface area (Å²) in [5, 5.41) is 9.61. The molecular formula is C21H27NO4. The second-order valence-corrected chi connectivity index (χ2v) is 8.17. The van der Waals surface area contributed by atoms with E-state index in [1.54, 1.807) is 7.11 Å². The monoisotopic (exact) mass is 357 g/mol. The van der Waals surface area contributed by atoms with E-state index in [4.69, 9.17) is 4.74 Å². The summed E-state index contributed by atoms with van der Waals surface area (Å²) in [6.45, 7) is 0.978. The first-order valence-corrected chi connectivity index (χ1v) is 9.72. The minimum absolute atomic E-state index is 0.130. The van der Waals surface area contributed by atoms with Crippen molar-refractivity contribution in [2.45, 2.75) is 43.9 Å². The highest BCUT2D eigenvalue weighted by molar-refractivity contribution is 5.89. The maximum Gasteiger partial charge on any atom is 0.308 e. The molecule has 2 saturated carbocycles. The summed E-state index contributed by atoms with van der Waals surface area (Å²) >= 11 is 0. The maximum atomic E-state index is 13.6. The summed E-state index contributed by atoms with van der Waals surface area (Å²) in [5.41, 5.74) is 0.552. The predicted molar refractivity (Wildman–Crippen MR) is 97.1 cm³/mol. The minimum atomic E-state index is -0.748. The quantitative estimate of drug-likeness (QED) is 0.879. The van der Waals surface area contributed by atoms with Crippen molar-refractivity contribution in [2.24, 2.45) is 17.8 Å². The number of aliphatic carboxylic acids is 1. The van der Waals surface area contributed by atoms with Crippen molar-refractivity contribution in [3.8, 4) is 5.75 Å². The van der Waals surface area contributed by atoms with E-state index in [2.05, 4.69) is 0 Å². The molecule has 26 heavy (non-hydrogen) atoms. The molecule has 2 aliphatic carbocycles. The molecule has 3 fully saturated rings. The molecule has 0 spiro atoms. The number of likely N-dealkylation sites (tertiary alicyclic amines) is 1. The molecule has 5 heteroatoms. The lowest BCUT2D eigenvalue weighted by atomic mass is 9.77. The molecule has 1 saturated heterocycles. The van der Waals surface area contributed by atoms with Crippen molar-refractivity contribution in [3.63, 3.8) is 0 Å².